The van der Waals surface area contributed by atoms with Crippen LogP contribution < -0.4 is 0 Å². The Bertz CT molecular complexity index is 241. The molecule has 0 heterocycles. The molecule has 0 aliphatic carbocycles. The van der Waals surface area contributed by atoms with E-state index in [4.69, 9.17) is 5.26 Å². The van der Waals surface area contributed by atoms with Gasteiger partial charge in [-0.15, -0.1) is 0 Å². The van der Waals surface area contributed by atoms with Crippen LogP contribution in [0.4, 0.5) is 0 Å². The van der Waals surface area contributed by atoms with Crippen LogP contribution in [0.25, 0.3) is 0 Å². The van der Waals surface area contributed by atoms with Gasteiger partial charge in [-0.2, -0.15) is 5.26 Å². The lowest BCUT2D eigenvalue weighted by Crippen LogP contribution is -1.84. The smallest absolute Gasteiger partial charge is 0.0669 e. The van der Waals surface area contributed by atoms with Crippen LogP contribution >= 0.6 is 0 Å². The summed E-state index contributed by atoms with van der Waals surface area (Å²) in [6, 6.07) is 2.10. The standard InChI is InChI=1S/C22H42N/c1-2-3-4-5-6-7-8-9-10-11-12-13-14-15-16-17-18-19-20-21-22-23/h21H,2-20H2,1H3. The molecule has 135 valence electrons. The largest absolute Gasteiger partial charge is 0.198 e. The van der Waals surface area contributed by atoms with Gasteiger partial charge >= 0.3 is 0 Å². The van der Waals surface area contributed by atoms with E-state index < -0.39 is 0 Å². The SMILES string of the molecule is CCCCCCCCCCCCCCCCCCCC[CH]C#N. The summed E-state index contributed by atoms with van der Waals surface area (Å²) < 4.78 is 0. The lowest BCUT2D eigenvalue weighted by Gasteiger charge is -2.03. The van der Waals surface area contributed by atoms with Crippen molar-refractivity contribution in [2.24, 2.45) is 0 Å². The first-order valence-corrected chi connectivity index (χ1v) is 10.6. The molecule has 0 aromatic heterocycles. The highest BCUT2D eigenvalue weighted by Crippen LogP contribution is 2.14. The summed E-state index contributed by atoms with van der Waals surface area (Å²) in [5.74, 6) is 0. The maximum absolute atomic E-state index is 8.40. The molecule has 0 aliphatic rings. The minimum atomic E-state index is 0.981. The molecule has 1 heteroatoms. The minimum Gasteiger partial charge on any atom is -0.198 e. The van der Waals surface area contributed by atoms with Crippen LogP contribution in [0.3, 0.4) is 0 Å². The van der Waals surface area contributed by atoms with E-state index in [2.05, 4.69) is 13.0 Å². The Hall–Kier alpha value is -0.510. The zero-order valence-electron chi connectivity index (χ0n) is 16.0. The highest BCUT2D eigenvalue weighted by atomic mass is 14.2. The maximum Gasteiger partial charge on any atom is 0.0669 e. The third-order valence-corrected chi connectivity index (χ3v) is 4.79. The monoisotopic (exact) mass is 320 g/mol. The van der Waals surface area contributed by atoms with Crippen LogP contribution in [-0.2, 0) is 0 Å². The summed E-state index contributed by atoms with van der Waals surface area (Å²) >= 11 is 0. The van der Waals surface area contributed by atoms with E-state index in [-0.39, 0.29) is 0 Å². The topological polar surface area (TPSA) is 23.8 Å². The fourth-order valence-electron chi connectivity index (χ4n) is 3.21. The second kappa shape index (κ2) is 21.5. The van der Waals surface area contributed by atoms with Gasteiger partial charge in [-0.25, -0.2) is 0 Å². The van der Waals surface area contributed by atoms with Gasteiger partial charge in [0.2, 0.25) is 0 Å². The molecule has 23 heavy (non-hydrogen) atoms. The third-order valence-electron chi connectivity index (χ3n) is 4.79. The molecule has 1 nitrogen and oxygen atoms in total. The van der Waals surface area contributed by atoms with Crippen LogP contribution in [-0.4, -0.2) is 0 Å². The number of unbranched alkanes of at least 4 members (excludes halogenated alkanes) is 19. The molecular weight excluding hydrogens is 278 g/mol. The Morgan fingerprint density at radius 1 is 0.522 bits per heavy atom. The molecule has 0 bridgehead atoms. The molecule has 0 atom stereocenters. The molecule has 0 saturated carbocycles. The van der Waals surface area contributed by atoms with Crippen LogP contribution in [0.1, 0.15) is 129 Å². The van der Waals surface area contributed by atoms with Crippen LogP contribution in [0.5, 0.6) is 0 Å². The summed E-state index contributed by atoms with van der Waals surface area (Å²) in [5, 5.41) is 8.40. The van der Waals surface area contributed by atoms with Gasteiger partial charge in [0, 0.05) is 0 Å². The molecule has 0 saturated heterocycles. The molecule has 1 radical (unpaired) electrons. The molecule has 0 aliphatic heterocycles. The van der Waals surface area contributed by atoms with E-state index in [0.29, 0.717) is 0 Å². The second-order valence-corrected chi connectivity index (χ2v) is 7.13. The van der Waals surface area contributed by atoms with Gasteiger partial charge in [0.15, 0.2) is 0 Å². The Morgan fingerprint density at radius 3 is 1.13 bits per heavy atom. The van der Waals surface area contributed by atoms with Gasteiger partial charge in [0.1, 0.15) is 0 Å². The van der Waals surface area contributed by atoms with Crippen molar-refractivity contribution in [2.75, 3.05) is 0 Å². The van der Waals surface area contributed by atoms with Crippen LogP contribution in [0, 0.1) is 17.8 Å². The fraction of sp³-hybridized carbons (Fsp3) is 0.909. The van der Waals surface area contributed by atoms with Crippen molar-refractivity contribution in [1.29, 1.82) is 5.26 Å². The number of hydrogen-bond donors (Lipinski definition) is 0. The van der Waals surface area contributed by atoms with Crippen molar-refractivity contribution in [3.8, 4) is 6.07 Å². The number of nitriles is 1. The van der Waals surface area contributed by atoms with Gasteiger partial charge in [0.25, 0.3) is 0 Å². The van der Waals surface area contributed by atoms with Crippen LogP contribution in [0.15, 0.2) is 0 Å². The molecule has 0 unspecified atom stereocenters. The summed E-state index contributed by atoms with van der Waals surface area (Å²) in [7, 11) is 0. The van der Waals surface area contributed by atoms with Crippen molar-refractivity contribution >= 4 is 0 Å². The number of rotatable bonds is 19. The van der Waals surface area contributed by atoms with Crippen molar-refractivity contribution in [3.63, 3.8) is 0 Å². The second-order valence-electron chi connectivity index (χ2n) is 7.13. The first-order chi connectivity index (χ1) is 11.4. The zero-order chi connectivity index (χ0) is 16.8. The van der Waals surface area contributed by atoms with E-state index in [0.717, 1.165) is 6.42 Å². The lowest BCUT2D eigenvalue weighted by atomic mass is 10.0. The number of hydrogen-bond acceptors (Lipinski definition) is 1. The zero-order valence-corrected chi connectivity index (χ0v) is 16.0. The highest BCUT2D eigenvalue weighted by molar-refractivity contribution is 4.90. The van der Waals surface area contributed by atoms with Gasteiger partial charge in [-0.3, -0.25) is 0 Å². The summed E-state index contributed by atoms with van der Waals surface area (Å²) in [5.41, 5.74) is 0. The Balaban J connectivity index is 2.94. The Kier molecular flexibility index (Phi) is 21.0. The predicted molar refractivity (Wildman–Crippen MR) is 103 cm³/mol. The molecule has 0 amide bonds. The summed E-state index contributed by atoms with van der Waals surface area (Å²) in [6.07, 6.45) is 28.2. The molecule has 0 rings (SSSR count). The lowest BCUT2D eigenvalue weighted by molar-refractivity contribution is 0.525. The quantitative estimate of drug-likeness (QED) is 0.220. The molecule has 0 aromatic rings. The summed E-state index contributed by atoms with van der Waals surface area (Å²) in [4.78, 5) is 0. The Labute approximate surface area is 147 Å². The Morgan fingerprint density at radius 2 is 0.826 bits per heavy atom. The number of nitrogens with zero attached hydrogens (tertiary/aromatic N) is 1. The molecule has 0 spiro atoms. The van der Waals surface area contributed by atoms with E-state index in [9.17, 15) is 0 Å². The van der Waals surface area contributed by atoms with Crippen LogP contribution in [0.2, 0.25) is 0 Å². The average Bonchev–Trinajstić information content (AvgIpc) is 2.57. The molecular formula is C22H42N. The molecule has 0 aromatic carbocycles. The van der Waals surface area contributed by atoms with E-state index in [1.165, 1.54) is 116 Å². The molecule has 0 N–H and O–H groups in total. The first-order valence-electron chi connectivity index (χ1n) is 10.6. The van der Waals surface area contributed by atoms with Gasteiger partial charge in [-0.05, 0) is 6.42 Å². The normalized spacial score (nSPS) is 10.8. The van der Waals surface area contributed by atoms with E-state index in [1.807, 2.05) is 0 Å². The van der Waals surface area contributed by atoms with Crippen molar-refractivity contribution in [2.45, 2.75) is 129 Å². The first kappa shape index (κ1) is 22.5. The minimum absolute atomic E-state index is 0.981. The van der Waals surface area contributed by atoms with Crippen molar-refractivity contribution in [1.82, 2.24) is 0 Å². The predicted octanol–water partition coefficient (Wildman–Crippen LogP) is 8.15. The third kappa shape index (κ3) is 21.5. The van der Waals surface area contributed by atoms with E-state index >= 15 is 0 Å². The molecule has 0 fully saturated rings. The van der Waals surface area contributed by atoms with Crippen molar-refractivity contribution < 1.29 is 0 Å². The summed E-state index contributed by atoms with van der Waals surface area (Å²) in [6.45, 7) is 2.29. The van der Waals surface area contributed by atoms with Crippen molar-refractivity contribution in [3.05, 3.63) is 6.42 Å². The average molecular weight is 321 g/mol. The fourth-order valence-corrected chi connectivity index (χ4v) is 3.21. The maximum atomic E-state index is 8.40. The van der Waals surface area contributed by atoms with Gasteiger partial charge in [0.05, 0.1) is 12.5 Å². The van der Waals surface area contributed by atoms with Gasteiger partial charge < -0.3 is 0 Å². The highest BCUT2D eigenvalue weighted by Gasteiger charge is 1.95. The van der Waals surface area contributed by atoms with Gasteiger partial charge in [-0.1, -0.05) is 122 Å². The van der Waals surface area contributed by atoms with E-state index in [1.54, 1.807) is 6.42 Å².